The number of ether oxygens (including phenoxy) is 2. The summed E-state index contributed by atoms with van der Waals surface area (Å²) in [6, 6.07) is 12.4. The van der Waals surface area contributed by atoms with E-state index in [2.05, 4.69) is 21.1 Å². The van der Waals surface area contributed by atoms with Gasteiger partial charge in [-0.05, 0) is 43.3 Å². The molecule has 0 saturated carbocycles. The molecule has 0 amide bonds. The number of hydrogen-bond donors (Lipinski definition) is 0. The van der Waals surface area contributed by atoms with Gasteiger partial charge in [0.25, 0.3) is 0 Å². The predicted molar refractivity (Wildman–Crippen MR) is 93.8 cm³/mol. The number of fused-ring (bicyclic) bond motifs is 1. The predicted octanol–water partition coefficient (Wildman–Crippen LogP) is 4.19. The maximum atomic E-state index is 12.1. The molecule has 6 heteroatoms. The molecule has 24 heavy (non-hydrogen) atoms. The van der Waals surface area contributed by atoms with Crippen molar-refractivity contribution in [3.05, 3.63) is 58.1 Å². The van der Waals surface area contributed by atoms with Crippen LogP contribution in [0.5, 0.6) is 11.5 Å². The van der Waals surface area contributed by atoms with Crippen molar-refractivity contribution in [1.82, 2.24) is 0 Å². The molecular formula is C18H16BrNO4. The average Bonchev–Trinajstić information content (AvgIpc) is 2.59. The minimum Gasteiger partial charge on any atom is -0.497 e. The highest BCUT2D eigenvalue weighted by atomic mass is 79.9. The van der Waals surface area contributed by atoms with Crippen molar-refractivity contribution in [2.24, 2.45) is 5.16 Å². The van der Waals surface area contributed by atoms with Crippen molar-refractivity contribution < 1.29 is 19.1 Å². The third kappa shape index (κ3) is 3.59. The molecule has 0 aliphatic carbocycles. The Morgan fingerprint density at radius 3 is 2.71 bits per heavy atom. The Bertz CT molecular complexity index is 786. The van der Waals surface area contributed by atoms with Crippen LogP contribution in [-0.4, -0.2) is 24.9 Å². The molecule has 3 rings (SSSR count). The minimum absolute atomic E-state index is 0.0604. The Balaban J connectivity index is 1.83. The quantitative estimate of drug-likeness (QED) is 0.583. The van der Waals surface area contributed by atoms with Crippen LogP contribution in [0.15, 0.2) is 52.1 Å². The van der Waals surface area contributed by atoms with E-state index in [-0.39, 0.29) is 6.10 Å². The number of nitrogens with zero attached hydrogens (tertiary/aromatic N) is 1. The summed E-state index contributed by atoms with van der Waals surface area (Å²) in [6.45, 7) is 1.94. The summed E-state index contributed by atoms with van der Waals surface area (Å²) in [6.07, 6.45) is 0.502. The summed E-state index contributed by atoms with van der Waals surface area (Å²) in [5, 5.41) is 4.06. The average molecular weight is 390 g/mol. The zero-order chi connectivity index (χ0) is 17.1. The van der Waals surface area contributed by atoms with Crippen LogP contribution in [0.25, 0.3) is 0 Å². The van der Waals surface area contributed by atoms with Crippen LogP contribution in [-0.2, 0) is 4.84 Å². The molecule has 0 radical (unpaired) electrons. The highest BCUT2D eigenvalue weighted by molar-refractivity contribution is 9.10. The molecule has 1 atom stereocenters. The van der Waals surface area contributed by atoms with Crippen molar-refractivity contribution in [3.63, 3.8) is 0 Å². The second-order valence-electron chi connectivity index (χ2n) is 5.42. The molecule has 1 heterocycles. The Hall–Kier alpha value is -2.34. The molecular weight excluding hydrogens is 374 g/mol. The molecule has 1 aliphatic rings. The maximum Gasteiger partial charge on any atom is 0.365 e. The van der Waals surface area contributed by atoms with E-state index in [1.807, 2.05) is 19.1 Å². The van der Waals surface area contributed by atoms with Crippen molar-refractivity contribution in [2.45, 2.75) is 19.4 Å². The summed E-state index contributed by atoms with van der Waals surface area (Å²) in [7, 11) is 1.60. The van der Waals surface area contributed by atoms with E-state index < -0.39 is 5.97 Å². The molecule has 0 unspecified atom stereocenters. The van der Waals surface area contributed by atoms with Crippen LogP contribution in [0.1, 0.15) is 29.3 Å². The Kier molecular flexibility index (Phi) is 4.85. The maximum absolute atomic E-state index is 12.1. The van der Waals surface area contributed by atoms with E-state index in [9.17, 15) is 4.79 Å². The molecule has 0 bridgehead atoms. The van der Waals surface area contributed by atoms with Gasteiger partial charge in [-0.1, -0.05) is 21.1 Å². The summed E-state index contributed by atoms with van der Waals surface area (Å²) < 4.78 is 11.9. The SMILES string of the molecule is COc1ccc2c(c1)O[C@H](C)C/C2=N/OC(=O)c1ccc(Br)cc1. The lowest BCUT2D eigenvalue weighted by Crippen LogP contribution is -2.25. The van der Waals surface area contributed by atoms with Gasteiger partial charge in [-0.15, -0.1) is 0 Å². The fraction of sp³-hybridized carbons (Fsp3) is 0.222. The molecule has 2 aromatic carbocycles. The smallest absolute Gasteiger partial charge is 0.365 e. The van der Waals surface area contributed by atoms with Crippen molar-refractivity contribution in [3.8, 4) is 11.5 Å². The van der Waals surface area contributed by atoms with E-state index in [1.54, 1.807) is 37.4 Å². The highest BCUT2D eigenvalue weighted by Crippen LogP contribution is 2.31. The van der Waals surface area contributed by atoms with Gasteiger partial charge < -0.3 is 14.3 Å². The second-order valence-corrected chi connectivity index (χ2v) is 6.33. The number of methoxy groups -OCH3 is 1. The fourth-order valence-electron chi connectivity index (χ4n) is 2.43. The summed E-state index contributed by atoms with van der Waals surface area (Å²) in [5.74, 6) is 0.879. The molecule has 124 valence electrons. The fourth-order valence-corrected chi connectivity index (χ4v) is 2.69. The lowest BCUT2D eigenvalue weighted by molar-refractivity contribution is 0.0513. The summed E-state index contributed by atoms with van der Waals surface area (Å²) >= 11 is 3.33. The largest absolute Gasteiger partial charge is 0.497 e. The summed E-state index contributed by atoms with van der Waals surface area (Å²) in [4.78, 5) is 17.2. The van der Waals surface area contributed by atoms with Crippen molar-refractivity contribution in [2.75, 3.05) is 7.11 Å². The van der Waals surface area contributed by atoms with Gasteiger partial charge in [-0.2, -0.15) is 0 Å². The number of halogens is 1. The van der Waals surface area contributed by atoms with Gasteiger partial charge in [0, 0.05) is 22.5 Å². The number of oxime groups is 1. The summed E-state index contributed by atoms with van der Waals surface area (Å²) in [5.41, 5.74) is 1.92. The van der Waals surface area contributed by atoms with E-state index in [4.69, 9.17) is 14.3 Å². The van der Waals surface area contributed by atoms with Crippen LogP contribution in [0.3, 0.4) is 0 Å². The zero-order valence-electron chi connectivity index (χ0n) is 13.3. The Morgan fingerprint density at radius 1 is 1.25 bits per heavy atom. The monoisotopic (exact) mass is 389 g/mol. The van der Waals surface area contributed by atoms with Gasteiger partial charge in [0.05, 0.1) is 18.4 Å². The normalized spacial score (nSPS) is 17.8. The first-order chi connectivity index (χ1) is 11.6. The highest BCUT2D eigenvalue weighted by Gasteiger charge is 2.23. The number of benzene rings is 2. The molecule has 2 aromatic rings. The lowest BCUT2D eigenvalue weighted by atomic mass is 10.0. The van der Waals surface area contributed by atoms with Gasteiger partial charge in [0.15, 0.2) is 0 Å². The van der Waals surface area contributed by atoms with Crippen LogP contribution in [0, 0.1) is 0 Å². The van der Waals surface area contributed by atoms with E-state index in [0.717, 1.165) is 10.0 Å². The lowest BCUT2D eigenvalue weighted by Gasteiger charge is -2.24. The molecule has 0 saturated heterocycles. The number of hydrogen-bond acceptors (Lipinski definition) is 5. The van der Waals surface area contributed by atoms with Crippen LogP contribution >= 0.6 is 15.9 Å². The Labute approximate surface area is 148 Å². The van der Waals surface area contributed by atoms with Crippen LogP contribution < -0.4 is 9.47 Å². The van der Waals surface area contributed by atoms with Gasteiger partial charge in [-0.25, -0.2) is 4.79 Å². The zero-order valence-corrected chi connectivity index (χ0v) is 14.9. The number of carbonyl (C=O) groups is 1. The van der Waals surface area contributed by atoms with Crippen molar-refractivity contribution >= 4 is 27.6 Å². The van der Waals surface area contributed by atoms with Crippen molar-refractivity contribution in [1.29, 1.82) is 0 Å². The van der Waals surface area contributed by atoms with E-state index in [0.29, 0.717) is 29.2 Å². The van der Waals surface area contributed by atoms with Gasteiger partial charge >= 0.3 is 5.97 Å². The topological polar surface area (TPSA) is 57.1 Å². The van der Waals surface area contributed by atoms with Gasteiger partial charge in [0.1, 0.15) is 17.6 Å². The first kappa shape index (κ1) is 16.5. The number of carbonyl (C=O) groups excluding carboxylic acids is 1. The minimum atomic E-state index is -0.496. The molecule has 0 fully saturated rings. The first-order valence-electron chi connectivity index (χ1n) is 7.45. The Morgan fingerprint density at radius 2 is 2.00 bits per heavy atom. The van der Waals surface area contributed by atoms with Gasteiger partial charge in [0.2, 0.25) is 0 Å². The third-order valence-corrected chi connectivity index (χ3v) is 4.16. The third-order valence-electron chi connectivity index (χ3n) is 3.63. The van der Waals surface area contributed by atoms with Gasteiger partial charge in [-0.3, -0.25) is 0 Å². The van der Waals surface area contributed by atoms with E-state index >= 15 is 0 Å². The van der Waals surface area contributed by atoms with E-state index in [1.165, 1.54) is 0 Å². The molecule has 0 N–H and O–H groups in total. The standard InChI is InChI=1S/C18H16BrNO4/c1-11-9-16(15-8-7-14(22-2)10-17(15)23-11)20-24-18(21)12-3-5-13(19)6-4-12/h3-8,10-11H,9H2,1-2H3/b20-16-/t11-/m1/s1. The number of rotatable bonds is 3. The first-order valence-corrected chi connectivity index (χ1v) is 8.25. The second kappa shape index (κ2) is 7.05. The van der Waals surface area contributed by atoms with Crippen LogP contribution in [0.2, 0.25) is 0 Å². The molecule has 0 spiro atoms. The molecule has 0 aromatic heterocycles. The molecule has 1 aliphatic heterocycles. The van der Waals surface area contributed by atoms with Crippen LogP contribution in [0.4, 0.5) is 0 Å². The molecule has 5 nitrogen and oxygen atoms in total.